The molecule has 1 aromatic carbocycles. The number of nitrogens with two attached hydrogens (primary N) is 1. The van der Waals surface area contributed by atoms with Gasteiger partial charge < -0.3 is 5.73 Å². The molecular formula is C13H19N3. The van der Waals surface area contributed by atoms with Crippen molar-refractivity contribution in [1.82, 2.24) is 9.78 Å². The summed E-state index contributed by atoms with van der Waals surface area (Å²) in [5.41, 5.74) is 9.26. The van der Waals surface area contributed by atoms with Gasteiger partial charge >= 0.3 is 0 Å². The zero-order valence-electron chi connectivity index (χ0n) is 10.2. The third kappa shape index (κ3) is 1.83. The Hall–Kier alpha value is -1.35. The summed E-state index contributed by atoms with van der Waals surface area (Å²) >= 11 is 0. The standard InChI is InChI=1S/C13H19N3/c1-9(2)13-11-8-10(6-7-14)4-5-12(11)16(3)15-13/h4-5,8-9H,6-7,14H2,1-3H3. The molecule has 0 atom stereocenters. The van der Waals surface area contributed by atoms with Crippen LogP contribution in [0.3, 0.4) is 0 Å². The van der Waals surface area contributed by atoms with Crippen molar-refractivity contribution in [3.05, 3.63) is 29.5 Å². The van der Waals surface area contributed by atoms with E-state index in [-0.39, 0.29) is 0 Å². The summed E-state index contributed by atoms with van der Waals surface area (Å²) in [5, 5.41) is 5.84. The molecule has 1 aromatic heterocycles. The molecule has 0 aliphatic carbocycles. The molecule has 0 amide bonds. The summed E-state index contributed by atoms with van der Waals surface area (Å²) in [4.78, 5) is 0. The van der Waals surface area contributed by atoms with Crippen molar-refractivity contribution >= 4 is 10.9 Å². The van der Waals surface area contributed by atoms with E-state index in [1.54, 1.807) is 0 Å². The van der Waals surface area contributed by atoms with E-state index in [0.29, 0.717) is 12.5 Å². The molecule has 2 rings (SSSR count). The molecule has 0 aliphatic heterocycles. The third-order valence-electron chi connectivity index (χ3n) is 2.92. The van der Waals surface area contributed by atoms with Crippen LogP contribution < -0.4 is 5.73 Å². The van der Waals surface area contributed by atoms with Crippen molar-refractivity contribution in [3.63, 3.8) is 0 Å². The monoisotopic (exact) mass is 217 g/mol. The van der Waals surface area contributed by atoms with Gasteiger partial charge in [0, 0.05) is 12.4 Å². The number of benzene rings is 1. The lowest BCUT2D eigenvalue weighted by molar-refractivity contribution is 0.729. The highest BCUT2D eigenvalue weighted by atomic mass is 15.3. The normalized spacial score (nSPS) is 11.6. The van der Waals surface area contributed by atoms with Crippen molar-refractivity contribution < 1.29 is 0 Å². The van der Waals surface area contributed by atoms with Crippen molar-refractivity contribution in [2.45, 2.75) is 26.2 Å². The Morgan fingerprint density at radius 3 is 2.75 bits per heavy atom. The van der Waals surface area contributed by atoms with Gasteiger partial charge in [-0.25, -0.2) is 0 Å². The Morgan fingerprint density at radius 2 is 2.12 bits per heavy atom. The quantitative estimate of drug-likeness (QED) is 0.856. The predicted molar refractivity (Wildman–Crippen MR) is 67.6 cm³/mol. The van der Waals surface area contributed by atoms with Crippen LogP contribution in [-0.2, 0) is 13.5 Å². The number of nitrogens with zero attached hydrogens (tertiary/aromatic N) is 2. The highest BCUT2D eigenvalue weighted by Gasteiger charge is 2.11. The maximum atomic E-state index is 5.59. The van der Waals surface area contributed by atoms with Crippen LogP contribution in [0.25, 0.3) is 10.9 Å². The molecule has 0 saturated carbocycles. The molecule has 2 aromatic rings. The second kappa shape index (κ2) is 4.26. The number of aromatic nitrogens is 2. The Labute approximate surface area is 96.2 Å². The third-order valence-corrected chi connectivity index (χ3v) is 2.92. The molecule has 86 valence electrons. The van der Waals surface area contributed by atoms with E-state index in [9.17, 15) is 0 Å². The van der Waals surface area contributed by atoms with Crippen LogP contribution in [0.2, 0.25) is 0 Å². The summed E-state index contributed by atoms with van der Waals surface area (Å²) < 4.78 is 1.96. The first-order valence-electron chi connectivity index (χ1n) is 5.79. The first-order valence-corrected chi connectivity index (χ1v) is 5.79. The van der Waals surface area contributed by atoms with Crippen LogP contribution in [0.5, 0.6) is 0 Å². The van der Waals surface area contributed by atoms with E-state index in [1.165, 1.54) is 22.2 Å². The lowest BCUT2D eigenvalue weighted by Gasteiger charge is -2.02. The van der Waals surface area contributed by atoms with Gasteiger partial charge in [-0.05, 0) is 36.6 Å². The summed E-state index contributed by atoms with van der Waals surface area (Å²) in [6.07, 6.45) is 0.933. The molecule has 0 aliphatic rings. The lowest BCUT2D eigenvalue weighted by Crippen LogP contribution is -2.02. The number of rotatable bonds is 3. The van der Waals surface area contributed by atoms with Crippen molar-refractivity contribution in [3.8, 4) is 0 Å². The van der Waals surface area contributed by atoms with Crippen LogP contribution in [0.15, 0.2) is 18.2 Å². The molecule has 3 nitrogen and oxygen atoms in total. The van der Waals surface area contributed by atoms with E-state index >= 15 is 0 Å². The average molecular weight is 217 g/mol. The molecule has 2 N–H and O–H groups in total. The molecule has 0 unspecified atom stereocenters. The van der Waals surface area contributed by atoms with Crippen LogP contribution in [0.1, 0.15) is 31.0 Å². The van der Waals surface area contributed by atoms with Crippen LogP contribution in [0.4, 0.5) is 0 Å². The number of hydrogen-bond acceptors (Lipinski definition) is 2. The second-order valence-corrected chi connectivity index (χ2v) is 4.55. The Balaban J connectivity index is 2.60. The van der Waals surface area contributed by atoms with Crippen molar-refractivity contribution in [2.75, 3.05) is 6.54 Å². The van der Waals surface area contributed by atoms with Gasteiger partial charge in [-0.15, -0.1) is 0 Å². The first kappa shape index (κ1) is 11.1. The van der Waals surface area contributed by atoms with E-state index in [2.05, 4.69) is 37.1 Å². The Morgan fingerprint density at radius 1 is 1.38 bits per heavy atom. The van der Waals surface area contributed by atoms with E-state index in [0.717, 1.165) is 6.42 Å². The van der Waals surface area contributed by atoms with Gasteiger partial charge in [0.25, 0.3) is 0 Å². The highest BCUT2D eigenvalue weighted by molar-refractivity contribution is 5.83. The van der Waals surface area contributed by atoms with Crippen LogP contribution in [-0.4, -0.2) is 16.3 Å². The van der Waals surface area contributed by atoms with Crippen LogP contribution in [0, 0.1) is 0 Å². The fraction of sp³-hybridized carbons (Fsp3) is 0.462. The molecule has 3 heteroatoms. The second-order valence-electron chi connectivity index (χ2n) is 4.55. The van der Waals surface area contributed by atoms with Gasteiger partial charge in [-0.2, -0.15) is 5.10 Å². The van der Waals surface area contributed by atoms with E-state index in [1.807, 2.05) is 11.7 Å². The van der Waals surface area contributed by atoms with Gasteiger partial charge in [-0.1, -0.05) is 19.9 Å². The maximum Gasteiger partial charge on any atom is 0.0728 e. The van der Waals surface area contributed by atoms with Gasteiger partial charge in [-0.3, -0.25) is 4.68 Å². The molecular weight excluding hydrogens is 198 g/mol. The van der Waals surface area contributed by atoms with Gasteiger partial charge in [0.05, 0.1) is 11.2 Å². The minimum Gasteiger partial charge on any atom is -0.330 e. The topological polar surface area (TPSA) is 43.8 Å². The molecule has 0 fully saturated rings. The molecule has 0 saturated heterocycles. The number of fused-ring (bicyclic) bond motifs is 1. The summed E-state index contributed by atoms with van der Waals surface area (Å²) in [6.45, 7) is 5.05. The fourth-order valence-electron chi connectivity index (χ4n) is 2.09. The van der Waals surface area contributed by atoms with Crippen LogP contribution >= 0.6 is 0 Å². The van der Waals surface area contributed by atoms with Crippen molar-refractivity contribution in [2.24, 2.45) is 12.8 Å². The zero-order chi connectivity index (χ0) is 11.7. The minimum absolute atomic E-state index is 0.455. The summed E-state index contributed by atoms with van der Waals surface area (Å²) in [7, 11) is 2.00. The lowest BCUT2D eigenvalue weighted by atomic mass is 10.0. The molecule has 0 bridgehead atoms. The fourth-order valence-corrected chi connectivity index (χ4v) is 2.09. The largest absolute Gasteiger partial charge is 0.330 e. The van der Waals surface area contributed by atoms with Gasteiger partial charge in [0.2, 0.25) is 0 Å². The zero-order valence-corrected chi connectivity index (χ0v) is 10.2. The van der Waals surface area contributed by atoms with E-state index < -0.39 is 0 Å². The van der Waals surface area contributed by atoms with Crippen molar-refractivity contribution in [1.29, 1.82) is 0 Å². The van der Waals surface area contributed by atoms with E-state index in [4.69, 9.17) is 5.73 Å². The average Bonchev–Trinajstić information content (AvgIpc) is 2.57. The Kier molecular flexibility index (Phi) is 2.97. The van der Waals surface area contributed by atoms with Gasteiger partial charge in [0.15, 0.2) is 0 Å². The molecule has 0 radical (unpaired) electrons. The maximum absolute atomic E-state index is 5.59. The highest BCUT2D eigenvalue weighted by Crippen LogP contribution is 2.25. The predicted octanol–water partition coefficient (Wildman–Crippen LogP) is 2.20. The molecule has 0 spiro atoms. The smallest absolute Gasteiger partial charge is 0.0728 e. The summed E-state index contributed by atoms with van der Waals surface area (Å²) in [6, 6.07) is 6.50. The SMILES string of the molecule is CC(C)c1nn(C)c2ccc(CCN)cc12. The molecule has 16 heavy (non-hydrogen) atoms. The van der Waals surface area contributed by atoms with Gasteiger partial charge in [0.1, 0.15) is 0 Å². The Bertz CT molecular complexity index is 497. The summed E-state index contributed by atoms with van der Waals surface area (Å²) in [5.74, 6) is 0.455. The number of hydrogen-bond donors (Lipinski definition) is 1. The first-order chi connectivity index (χ1) is 7.63. The molecule has 1 heterocycles. The minimum atomic E-state index is 0.455. The number of aryl methyl sites for hydroxylation is 1.